The molecule has 0 spiro atoms. The minimum Gasteiger partial charge on any atom is -0.427 e. The minimum atomic E-state index is -4.33. The Hall–Kier alpha value is -3.09. The van der Waals surface area contributed by atoms with E-state index in [1.807, 2.05) is 0 Å². The van der Waals surface area contributed by atoms with Gasteiger partial charge in [0.1, 0.15) is 5.75 Å². The van der Waals surface area contributed by atoms with E-state index in [1.165, 1.54) is 31.2 Å². The largest absolute Gasteiger partial charge is 0.456 e. The monoisotopic (exact) mass is 344 g/mol. The highest BCUT2D eigenvalue weighted by Gasteiger charge is 2.38. The standard InChI is InChI=1S/C16H12N2O5S/c1-11(19)23-13-7-9-14(10-8-13)24(21,22)16(18-17)15(20)12-5-3-2-4-6-12/h2-10H,1H3. The van der Waals surface area contributed by atoms with Gasteiger partial charge in [-0.05, 0) is 24.3 Å². The lowest BCUT2D eigenvalue weighted by Gasteiger charge is -2.03. The number of esters is 1. The maximum atomic E-state index is 12.5. The molecule has 8 heteroatoms. The van der Waals surface area contributed by atoms with Crippen LogP contribution in [-0.2, 0) is 14.6 Å². The van der Waals surface area contributed by atoms with Gasteiger partial charge in [-0.2, -0.15) is 0 Å². The molecule has 2 rings (SSSR count). The number of Topliss-reactive ketones (excluding diaryl/α,β-unsaturated/α-hetero) is 1. The Balaban J connectivity index is 2.39. The molecule has 0 radical (unpaired) electrons. The van der Waals surface area contributed by atoms with Crippen molar-refractivity contribution in [3.63, 3.8) is 0 Å². The van der Waals surface area contributed by atoms with Gasteiger partial charge in [0.25, 0.3) is 15.6 Å². The van der Waals surface area contributed by atoms with E-state index in [1.54, 1.807) is 18.2 Å². The Morgan fingerprint density at radius 2 is 1.58 bits per heavy atom. The molecule has 0 fully saturated rings. The highest BCUT2D eigenvalue weighted by atomic mass is 32.2. The summed E-state index contributed by atoms with van der Waals surface area (Å²) >= 11 is 0. The fourth-order valence-electron chi connectivity index (χ4n) is 1.90. The Labute approximate surface area is 138 Å². The van der Waals surface area contributed by atoms with Crippen LogP contribution in [0.4, 0.5) is 0 Å². The number of benzene rings is 2. The molecule has 2 aromatic rings. The summed E-state index contributed by atoms with van der Waals surface area (Å²) in [7, 11) is -4.33. The highest BCUT2D eigenvalue weighted by Crippen LogP contribution is 2.19. The van der Waals surface area contributed by atoms with Crippen molar-refractivity contribution in [3.05, 3.63) is 65.7 Å². The lowest BCUT2D eigenvalue weighted by atomic mass is 10.1. The van der Waals surface area contributed by atoms with Crippen LogP contribution in [0.5, 0.6) is 5.75 Å². The second kappa shape index (κ2) is 6.99. The molecule has 0 N–H and O–H groups in total. The number of rotatable bonds is 4. The van der Waals surface area contributed by atoms with Gasteiger partial charge < -0.3 is 10.3 Å². The number of sulfone groups is 1. The van der Waals surface area contributed by atoms with Gasteiger partial charge in [-0.25, -0.2) is 8.42 Å². The van der Waals surface area contributed by atoms with Crippen molar-refractivity contribution in [1.29, 1.82) is 0 Å². The van der Waals surface area contributed by atoms with E-state index >= 15 is 0 Å². The van der Waals surface area contributed by atoms with Crippen molar-refractivity contribution >= 4 is 26.6 Å². The van der Waals surface area contributed by atoms with E-state index in [0.717, 1.165) is 12.1 Å². The number of nitrogens with zero attached hydrogens (tertiary/aromatic N) is 2. The van der Waals surface area contributed by atoms with Crippen LogP contribution in [0.3, 0.4) is 0 Å². The Morgan fingerprint density at radius 1 is 1.00 bits per heavy atom. The van der Waals surface area contributed by atoms with Crippen LogP contribution >= 0.6 is 0 Å². The summed E-state index contributed by atoms with van der Waals surface area (Å²) in [5.74, 6) is -1.33. The molecular weight excluding hydrogens is 332 g/mol. The number of ether oxygens (including phenoxy) is 1. The zero-order chi connectivity index (χ0) is 17.7. The van der Waals surface area contributed by atoms with Gasteiger partial charge in [0.15, 0.2) is 0 Å². The molecule has 0 atom stereocenters. The van der Waals surface area contributed by atoms with Gasteiger partial charge in [-0.1, -0.05) is 30.3 Å². The quantitative estimate of drug-likeness (QED) is 0.160. The molecule has 0 aliphatic rings. The Morgan fingerprint density at radius 3 is 2.08 bits per heavy atom. The van der Waals surface area contributed by atoms with Crippen LogP contribution in [0.25, 0.3) is 5.53 Å². The Bertz CT molecular complexity index is 928. The van der Waals surface area contributed by atoms with Crippen molar-refractivity contribution < 1.29 is 27.5 Å². The van der Waals surface area contributed by atoms with Crippen molar-refractivity contribution in [2.45, 2.75) is 11.8 Å². The third-order valence-corrected chi connectivity index (χ3v) is 4.64. The Kier molecular flexibility index (Phi) is 5.03. The maximum absolute atomic E-state index is 12.5. The first-order valence-electron chi connectivity index (χ1n) is 6.71. The third kappa shape index (κ3) is 3.62. The molecule has 0 saturated carbocycles. The molecule has 24 heavy (non-hydrogen) atoms. The number of carbonyl (C=O) groups is 2. The molecule has 0 bridgehead atoms. The van der Waals surface area contributed by atoms with Crippen molar-refractivity contribution in [3.8, 4) is 5.75 Å². The molecule has 2 aromatic carbocycles. The summed E-state index contributed by atoms with van der Waals surface area (Å²) in [6.45, 7) is 1.21. The molecule has 122 valence electrons. The minimum absolute atomic E-state index is 0.0745. The van der Waals surface area contributed by atoms with Gasteiger partial charge in [0, 0.05) is 12.5 Å². The number of hydrogen-bond donors (Lipinski definition) is 0. The molecule has 0 aliphatic heterocycles. The molecule has 0 heterocycles. The lowest BCUT2D eigenvalue weighted by Crippen LogP contribution is -2.26. The molecule has 0 unspecified atom stereocenters. The van der Waals surface area contributed by atoms with Crippen LogP contribution in [-0.4, -0.2) is 30.0 Å². The van der Waals surface area contributed by atoms with Crippen LogP contribution < -0.4 is 4.74 Å². The van der Waals surface area contributed by atoms with Crippen molar-refractivity contribution in [1.82, 2.24) is 0 Å². The molecule has 0 amide bonds. The van der Waals surface area contributed by atoms with Gasteiger partial charge in [0.05, 0.1) is 4.90 Å². The fraction of sp³-hybridized carbons (Fsp3) is 0.0625. The van der Waals surface area contributed by atoms with E-state index < -0.39 is 26.6 Å². The van der Waals surface area contributed by atoms with Gasteiger partial charge in [-0.15, -0.1) is 4.79 Å². The smallest absolute Gasteiger partial charge is 0.427 e. The predicted molar refractivity (Wildman–Crippen MR) is 84.3 cm³/mol. The maximum Gasteiger partial charge on any atom is 0.456 e. The molecule has 7 nitrogen and oxygen atoms in total. The number of ketones is 1. The van der Waals surface area contributed by atoms with Gasteiger partial charge in [0.2, 0.25) is 0 Å². The van der Waals surface area contributed by atoms with Gasteiger partial charge >= 0.3 is 11.0 Å². The second-order valence-corrected chi connectivity index (χ2v) is 6.53. The lowest BCUT2D eigenvalue weighted by molar-refractivity contribution is -0.131. The molecular formula is C16H12N2O5S. The van der Waals surface area contributed by atoms with Crippen molar-refractivity contribution in [2.75, 3.05) is 0 Å². The zero-order valence-electron chi connectivity index (χ0n) is 12.5. The number of carbonyl (C=O) groups excluding carboxylic acids is 2. The summed E-state index contributed by atoms with van der Waals surface area (Å²) in [5, 5.41) is -0.992. The molecule has 0 aromatic heterocycles. The zero-order valence-corrected chi connectivity index (χ0v) is 13.4. The summed E-state index contributed by atoms with van der Waals surface area (Å²) in [4.78, 5) is 25.5. The topological polar surface area (TPSA) is 114 Å². The first-order chi connectivity index (χ1) is 11.4. The summed E-state index contributed by atoms with van der Waals surface area (Å²) < 4.78 is 29.8. The predicted octanol–water partition coefficient (Wildman–Crippen LogP) is 1.90. The van der Waals surface area contributed by atoms with Crippen LogP contribution in [0.2, 0.25) is 0 Å². The SMILES string of the molecule is CC(=O)Oc1ccc(S(=O)(=O)C(=[N+]=[N-])C(=O)c2ccccc2)cc1. The van der Waals surface area contributed by atoms with E-state index in [0.29, 0.717) is 0 Å². The summed E-state index contributed by atoms with van der Waals surface area (Å²) in [6, 6.07) is 12.4. The fourth-order valence-corrected chi connectivity index (χ4v) is 3.09. The van der Waals surface area contributed by atoms with Crippen molar-refractivity contribution in [2.24, 2.45) is 0 Å². The summed E-state index contributed by atoms with van der Waals surface area (Å²) in [5.41, 5.74) is 9.12. The number of hydrogen-bond acceptors (Lipinski definition) is 5. The average Bonchev–Trinajstić information content (AvgIpc) is 2.56. The van der Waals surface area contributed by atoms with E-state index in [4.69, 9.17) is 10.3 Å². The molecule has 0 aliphatic carbocycles. The summed E-state index contributed by atoms with van der Waals surface area (Å²) in [6.07, 6.45) is 0. The molecule has 0 saturated heterocycles. The third-order valence-electron chi connectivity index (χ3n) is 2.97. The highest BCUT2D eigenvalue weighted by molar-refractivity contribution is 8.08. The van der Waals surface area contributed by atoms with Crippen LogP contribution in [0.1, 0.15) is 17.3 Å². The van der Waals surface area contributed by atoms with Crippen LogP contribution in [0, 0.1) is 0 Å². The van der Waals surface area contributed by atoms with E-state index in [9.17, 15) is 18.0 Å². The van der Waals surface area contributed by atoms with E-state index in [2.05, 4.69) is 4.79 Å². The van der Waals surface area contributed by atoms with Crippen LogP contribution in [0.15, 0.2) is 59.5 Å². The van der Waals surface area contributed by atoms with Gasteiger partial charge in [-0.3, -0.25) is 9.59 Å². The normalized spacial score (nSPS) is 10.5. The first kappa shape index (κ1) is 17.3. The van der Waals surface area contributed by atoms with E-state index in [-0.39, 0.29) is 16.2 Å². The first-order valence-corrected chi connectivity index (χ1v) is 8.20. The second-order valence-electron chi connectivity index (χ2n) is 4.67. The average molecular weight is 344 g/mol.